The number of nitrogens with zero attached hydrogens (tertiary/aromatic N) is 5. The maximum atomic E-state index is 6.12. The van der Waals surface area contributed by atoms with Crippen molar-refractivity contribution in [3.63, 3.8) is 0 Å². The molecule has 0 saturated carbocycles. The van der Waals surface area contributed by atoms with E-state index in [0.717, 1.165) is 48.6 Å². The van der Waals surface area contributed by atoms with Crippen LogP contribution in [0.2, 0.25) is 5.02 Å². The van der Waals surface area contributed by atoms with Crippen molar-refractivity contribution in [3.05, 3.63) is 72.0 Å². The molecule has 0 saturated heterocycles. The standard InChI is InChI=1S/C20H20ClN5O/c1-15-23-10-13-26(15)20-24-19(16-5-7-17(21)8-6-16)18(27-20)4-2-3-11-25-12-9-22-14-25/h5-10,12-14H,2-4,11H2,1H3. The van der Waals surface area contributed by atoms with Gasteiger partial charge in [-0.25, -0.2) is 9.97 Å². The quantitative estimate of drug-likeness (QED) is 0.435. The molecule has 0 amide bonds. The number of rotatable bonds is 7. The van der Waals surface area contributed by atoms with Crippen molar-refractivity contribution >= 4 is 11.6 Å². The molecule has 0 atom stereocenters. The van der Waals surface area contributed by atoms with Crippen LogP contribution in [-0.2, 0) is 13.0 Å². The smallest absolute Gasteiger partial charge is 0.307 e. The van der Waals surface area contributed by atoms with E-state index < -0.39 is 0 Å². The van der Waals surface area contributed by atoms with E-state index >= 15 is 0 Å². The first-order chi connectivity index (χ1) is 13.2. The van der Waals surface area contributed by atoms with E-state index in [4.69, 9.17) is 21.0 Å². The first-order valence-electron chi connectivity index (χ1n) is 8.92. The van der Waals surface area contributed by atoms with Crippen molar-refractivity contribution < 1.29 is 4.42 Å². The maximum Gasteiger partial charge on any atom is 0.307 e. The summed E-state index contributed by atoms with van der Waals surface area (Å²) in [4.78, 5) is 13.1. The lowest BCUT2D eigenvalue weighted by atomic mass is 10.1. The minimum Gasteiger partial charge on any atom is -0.427 e. The average Bonchev–Trinajstić information content (AvgIpc) is 3.40. The second kappa shape index (κ2) is 7.80. The number of hydrogen-bond acceptors (Lipinski definition) is 4. The van der Waals surface area contributed by atoms with Crippen LogP contribution in [0.5, 0.6) is 0 Å². The predicted molar refractivity (Wildman–Crippen MR) is 104 cm³/mol. The first-order valence-corrected chi connectivity index (χ1v) is 9.30. The molecule has 1 aromatic carbocycles. The number of hydrogen-bond donors (Lipinski definition) is 0. The Hall–Kier alpha value is -2.86. The third-order valence-corrected chi connectivity index (χ3v) is 4.72. The van der Waals surface area contributed by atoms with Crippen LogP contribution in [0.1, 0.15) is 24.4 Å². The Kier molecular flexibility index (Phi) is 5.07. The van der Waals surface area contributed by atoms with E-state index in [1.807, 2.05) is 54.5 Å². The highest BCUT2D eigenvalue weighted by molar-refractivity contribution is 6.30. The third kappa shape index (κ3) is 3.95. The van der Waals surface area contributed by atoms with E-state index in [9.17, 15) is 0 Å². The van der Waals surface area contributed by atoms with Gasteiger partial charge in [0.05, 0.1) is 6.33 Å². The molecule has 7 heteroatoms. The zero-order valence-corrected chi connectivity index (χ0v) is 15.8. The van der Waals surface area contributed by atoms with Crippen molar-refractivity contribution in [2.24, 2.45) is 0 Å². The van der Waals surface area contributed by atoms with Gasteiger partial charge in [0.1, 0.15) is 17.3 Å². The SMILES string of the molecule is Cc1nccn1-c1nc(-c2ccc(Cl)cc2)c(CCCCn2ccnc2)o1. The van der Waals surface area contributed by atoms with Crippen molar-refractivity contribution in [3.8, 4) is 17.3 Å². The maximum absolute atomic E-state index is 6.12. The Morgan fingerprint density at radius 3 is 2.63 bits per heavy atom. The molecule has 0 spiro atoms. The van der Waals surface area contributed by atoms with Crippen molar-refractivity contribution in [2.75, 3.05) is 0 Å². The van der Waals surface area contributed by atoms with Gasteiger partial charge in [-0.15, -0.1) is 0 Å². The predicted octanol–water partition coefficient (Wildman–Crippen LogP) is 4.71. The van der Waals surface area contributed by atoms with E-state index in [0.29, 0.717) is 11.0 Å². The summed E-state index contributed by atoms with van der Waals surface area (Å²) in [6, 6.07) is 8.23. The minimum absolute atomic E-state index is 0.541. The normalized spacial score (nSPS) is 11.2. The lowest BCUT2D eigenvalue weighted by Crippen LogP contribution is -1.96. The van der Waals surface area contributed by atoms with Crippen LogP contribution in [0.25, 0.3) is 17.3 Å². The minimum atomic E-state index is 0.541. The van der Waals surface area contributed by atoms with E-state index in [2.05, 4.69) is 14.5 Å². The first kappa shape index (κ1) is 17.5. The summed E-state index contributed by atoms with van der Waals surface area (Å²) in [5, 5.41) is 0.704. The number of aromatic nitrogens is 5. The molecular formula is C20H20ClN5O. The topological polar surface area (TPSA) is 61.7 Å². The van der Waals surface area contributed by atoms with Crippen LogP contribution in [0, 0.1) is 6.92 Å². The molecule has 0 radical (unpaired) electrons. The highest BCUT2D eigenvalue weighted by Crippen LogP contribution is 2.28. The van der Waals surface area contributed by atoms with Crippen LogP contribution in [0.3, 0.4) is 0 Å². The summed E-state index contributed by atoms with van der Waals surface area (Å²) in [7, 11) is 0. The van der Waals surface area contributed by atoms with Gasteiger partial charge in [-0.2, -0.15) is 4.98 Å². The molecule has 0 aliphatic rings. The second-order valence-corrected chi connectivity index (χ2v) is 6.81. The number of benzene rings is 1. The summed E-state index contributed by atoms with van der Waals surface area (Å²) in [6.07, 6.45) is 12.1. The number of unbranched alkanes of at least 4 members (excludes halogenated alkanes) is 1. The molecule has 0 aliphatic heterocycles. The summed E-state index contributed by atoms with van der Waals surface area (Å²) >= 11 is 6.03. The van der Waals surface area contributed by atoms with Gasteiger partial charge in [0.2, 0.25) is 0 Å². The molecule has 3 aromatic heterocycles. The van der Waals surface area contributed by atoms with E-state index in [1.165, 1.54) is 0 Å². The fourth-order valence-electron chi connectivity index (χ4n) is 3.02. The zero-order chi connectivity index (χ0) is 18.6. The lowest BCUT2D eigenvalue weighted by molar-refractivity contribution is 0.467. The van der Waals surface area contributed by atoms with Crippen LogP contribution in [0.15, 0.2) is 59.8 Å². The highest BCUT2D eigenvalue weighted by atomic mass is 35.5. The van der Waals surface area contributed by atoms with Gasteiger partial charge in [0.15, 0.2) is 0 Å². The summed E-state index contributed by atoms with van der Waals surface area (Å²) < 4.78 is 10.1. The van der Waals surface area contributed by atoms with Crippen LogP contribution < -0.4 is 0 Å². The fourth-order valence-corrected chi connectivity index (χ4v) is 3.15. The number of imidazole rings is 2. The molecule has 0 fully saturated rings. The molecule has 0 unspecified atom stereocenters. The van der Waals surface area contributed by atoms with Gasteiger partial charge in [0, 0.05) is 48.3 Å². The molecule has 6 nitrogen and oxygen atoms in total. The van der Waals surface area contributed by atoms with Crippen LogP contribution in [0.4, 0.5) is 0 Å². The van der Waals surface area contributed by atoms with Gasteiger partial charge < -0.3 is 8.98 Å². The third-order valence-electron chi connectivity index (χ3n) is 4.46. The summed E-state index contributed by atoms with van der Waals surface area (Å²) in [6.45, 7) is 2.87. The van der Waals surface area contributed by atoms with Gasteiger partial charge in [-0.3, -0.25) is 4.57 Å². The Morgan fingerprint density at radius 2 is 1.93 bits per heavy atom. The fraction of sp³-hybridized carbons (Fsp3) is 0.250. The van der Waals surface area contributed by atoms with Gasteiger partial charge in [0.25, 0.3) is 0 Å². The molecule has 0 aliphatic carbocycles. The molecule has 4 rings (SSSR count). The molecule has 4 aromatic rings. The zero-order valence-electron chi connectivity index (χ0n) is 15.0. The van der Waals surface area contributed by atoms with E-state index in [1.54, 1.807) is 12.4 Å². The lowest BCUT2D eigenvalue weighted by Gasteiger charge is -2.03. The van der Waals surface area contributed by atoms with Crippen molar-refractivity contribution in [1.82, 2.24) is 24.1 Å². The second-order valence-electron chi connectivity index (χ2n) is 6.38. The van der Waals surface area contributed by atoms with Crippen LogP contribution in [-0.4, -0.2) is 24.1 Å². The molecule has 0 bridgehead atoms. The van der Waals surface area contributed by atoms with Gasteiger partial charge in [-0.05, 0) is 31.9 Å². The van der Waals surface area contributed by atoms with Gasteiger partial charge in [-0.1, -0.05) is 23.7 Å². The monoisotopic (exact) mass is 381 g/mol. The average molecular weight is 382 g/mol. The van der Waals surface area contributed by atoms with Crippen molar-refractivity contribution in [2.45, 2.75) is 32.7 Å². The number of aryl methyl sites for hydroxylation is 3. The Morgan fingerprint density at radius 1 is 1.07 bits per heavy atom. The number of halogens is 1. The van der Waals surface area contributed by atoms with Crippen LogP contribution >= 0.6 is 11.6 Å². The molecule has 3 heterocycles. The molecule has 0 N–H and O–H groups in total. The molecule has 27 heavy (non-hydrogen) atoms. The Balaban J connectivity index is 1.57. The Labute approximate surface area is 162 Å². The highest BCUT2D eigenvalue weighted by Gasteiger charge is 2.17. The van der Waals surface area contributed by atoms with Crippen molar-refractivity contribution in [1.29, 1.82) is 0 Å². The molecule has 138 valence electrons. The van der Waals surface area contributed by atoms with Gasteiger partial charge >= 0.3 is 6.01 Å². The summed E-state index contributed by atoms with van der Waals surface area (Å²) in [5.74, 6) is 1.72. The largest absolute Gasteiger partial charge is 0.427 e. The Bertz CT molecular complexity index is 1000. The number of oxazole rings is 1. The van der Waals surface area contributed by atoms with E-state index in [-0.39, 0.29) is 0 Å². The molecular weight excluding hydrogens is 362 g/mol. The summed E-state index contributed by atoms with van der Waals surface area (Å²) in [5.41, 5.74) is 1.86.